The van der Waals surface area contributed by atoms with Gasteiger partial charge in [0.05, 0.1) is 0 Å². The summed E-state index contributed by atoms with van der Waals surface area (Å²) in [6, 6.07) is 6.73. The lowest BCUT2D eigenvalue weighted by atomic mass is 9.84. The molecule has 2 rings (SSSR count). The Kier molecular flexibility index (Phi) is 7.59. The number of carbonyl (C=O) groups is 1. The van der Waals surface area contributed by atoms with Crippen LogP contribution in [0.25, 0.3) is 0 Å². The van der Waals surface area contributed by atoms with Crippen LogP contribution in [0, 0.1) is 5.82 Å². The van der Waals surface area contributed by atoms with Crippen molar-refractivity contribution in [1.29, 1.82) is 0 Å². The van der Waals surface area contributed by atoms with Crippen molar-refractivity contribution in [2.24, 2.45) is 4.99 Å². The summed E-state index contributed by atoms with van der Waals surface area (Å²) in [5, 5.41) is 6.66. The van der Waals surface area contributed by atoms with E-state index in [4.69, 9.17) is 0 Å². The van der Waals surface area contributed by atoms with E-state index in [-0.39, 0.29) is 17.1 Å². The Hall–Kier alpha value is -2.15. The molecule has 1 fully saturated rings. The molecule has 1 aromatic carbocycles. The second-order valence-corrected chi connectivity index (χ2v) is 7.59. The molecule has 0 aromatic heterocycles. The normalized spacial score (nSPS) is 16.3. The van der Waals surface area contributed by atoms with Crippen molar-refractivity contribution < 1.29 is 9.18 Å². The molecule has 1 aromatic rings. The summed E-state index contributed by atoms with van der Waals surface area (Å²) in [7, 11) is 1.75. The van der Waals surface area contributed by atoms with Crippen LogP contribution in [0.15, 0.2) is 29.3 Å². The van der Waals surface area contributed by atoms with Crippen LogP contribution in [-0.4, -0.2) is 74.5 Å². The molecular weight excluding hydrogens is 345 g/mol. The Morgan fingerprint density at radius 3 is 2.52 bits per heavy atom. The van der Waals surface area contributed by atoms with Gasteiger partial charge in [0.15, 0.2) is 5.96 Å². The van der Waals surface area contributed by atoms with E-state index in [1.54, 1.807) is 26.1 Å². The first-order valence-corrected chi connectivity index (χ1v) is 9.50. The molecule has 1 aliphatic heterocycles. The van der Waals surface area contributed by atoms with E-state index in [9.17, 15) is 9.18 Å². The Balaban J connectivity index is 1.74. The van der Waals surface area contributed by atoms with Gasteiger partial charge in [0, 0.05) is 65.2 Å². The minimum atomic E-state index is -0.220. The smallest absolute Gasteiger partial charge is 0.219 e. The second kappa shape index (κ2) is 9.69. The van der Waals surface area contributed by atoms with Crippen LogP contribution < -0.4 is 10.6 Å². The molecule has 0 atom stereocenters. The maximum absolute atomic E-state index is 13.5. The molecule has 7 heteroatoms. The third kappa shape index (κ3) is 6.50. The topological polar surface area (TPSA) is 60.0 Å². The number of rotatable bonds is 6. The van der Waals surface area contributed by atoms with Crippen molar-refractivity contribution in [2.75, 3.05) is 52.9 Å². The highest BCUT2D eigenvalue weighted by atomic mass is 19.1. The summed E-state index contributed by atoms with van der Waals surface area (Å²) in [6.45, 7) is 11.5. The number of amides is 1. The third-order valence-corrected chi connectivity index (χ3v) is 5.07. The highest BCUT2D eigenvalue weighted by Gasteiger charge is 2.22. The monoisotopic (exact) mass is 377 g/mol. The van der Waals surface area contributed by atoms with E-state index >= 15 is 0 Å². The summed E-state index contributed by atoms with van der Waals surface area (Å²) < 4.78 is 13.5. The molecule has 150 valence electrons. The Morgan fingerprint density at radius 1 is 1.22 bits per heavy atom. The molecule has 27 heavy (non-hydrogen) atoms. The van der Waals surface area contributed by atoms with Gasteiger partial charge in [-0.05, 0) is 17.7 Å². The number of hydrogen-bond acceptors (Lipinski definition) is 3. The highest BCUT2D eigenvalue weighted by molar-refractivity contribution is 5.79. The van der Waals surface area contributed by atoms with Crippen LogP contribution in [-0.2, 0) is 10.2 Å². The maximum atomic E-state index is 13.5. The lowest BCUT2D eigenvalue weighted by Crippen LogP contribution is -2.50. The maximum Gasteiger partial charge on any atom is 0.219 e. The first-order valence-electron chi connectivity index (χ1n) is 9.50. The van der Waals surface area contributed by atoms with Crippen LogP contribution in [0.5, 0.6) is 0 Å². The van der Waals surface area contributed by atoms with Gasteiger partial charge in [0.2, 0.25) is 5.91 Å². The number of nitrogens with one attached hydrogen (secondary N) is 2. The average Bonchev–Trinajstić information content (AvgIpc) is 2.65. The van der Waals surface area contributed by atoms with Gasteiger partial charge < -0.3 is 15.5 Å². The van der Waals surface area contributed by atoms with Gasteiger partial charge in [-0.2, -0.15) is 0 Å². The minimum Gasteiger partial charge on any atom is -0.356 e. The molecule has 6 nitrogen and oxygen atoms in total. The Morgan fingerprint density at radius 2 is 1.93 bits per heavy atom. The van der Waals surface area contributed by atoms with Crippen LogP contribution in [0.3, 0.4) is 0 Å². The summed E-state index contributed by atoms with van der Waals surface area (Å²) in [6.07, 6.45) is 0. The van der Waals surface area contributed by atoms with Crippen molar-refractivity contribution in [2.45, 2.75) is 26.2 Å². The zero-order valence-corrected chi connectivity index (χ0v) is 16.9. The van der Waals surface area contributed by atoms with E-state index in [2.05, 4.69) is 34.4 Å². The number of aliphatic imine (C=N–C) groups is 1. The lowest BCUT2D eigenvalue weighted by molar-refractivity contribution is -0.130. The molecule has 1 aliphatic rings. The standard InChI is InChI=1S/C20H32FN5O/c1-16(27)26-12-10-25(11-13-26)9-8-23-19(22-4)24-15-20(2,3)17-6-5-7-18(21)14-17/h5-7,14H,8-13,15H2,1-4H3,(H2,22,23,24). The van der Waals surface area contributed by atoms with Crippen LogP contribution in [0.2, 0.25) is 0 Å². The fourth-order valence-electron chi connectivity index (χ4n) is 3.16. The van der Waals surface area contributed by atoms with Gasteiger partial charge in [-0.3, -0.25) is 14.7 Å². The van der Waals surface area contributed by atoms with E-state index in [1.807, 2.05) is 11.0 Å². The summed E-state index contributed by atoms with van der Waals surface area (Å²) in [5.74, 6) is 0.674. The fraction of sp³-hybridized carbons (Fsp3) is 0.600. The first-order chi connectivity index (χ1) is 12.8. The van der Waals surface area contributed by atoms with Crippen molar-refractivity contribution >= 4 is 11.9 Å². The Labute approximate surface area is 161 Å². The van der Waals surface area contributed by atoms with Gasteiger partial charge >= 0.3 is 0 Å². The van der Waals surface area contributed by atoms with Gasteiger partial charge in [-0.15, -0.1) is 0 Å². The molecule has 1 heterocycles. The van der Waals surface area contributed by atoms with Crippen molar-refractivity contribution in [3.8, 4) is 0 Å². The van der Waals surface area contributed by atoms with E-state index in [0.29, 0.717) is 6.54 Å². The minimum absolute atomic E-state index is 0.151. The fourth-order valence-corrected chi connectivity index (χ4v) is 3.16. The van der Waals surface area contributed by atoms with Gasteiger partial charge in [-0.25, -0.2) is 4.39 Å². The largest absolute Gasteiger partial charge is 0.356 e. The van der Waals surface area contributed by atoms with Crippen LogP contribution in [0.4, 0.5) is 4.39 Å². The Bertz CT molecular complexity index is 654. The molecule has 2 N–H and O–H groups in total. The predicted octanol–water partition coefficient (Wildman–Crippen LogP) is 1.43. The van der Waals surface area contributed by atoms with Crippen molar-refractivity contribution in [1.82, 2.24) is 20.4 Å². The number of guanidine groups is 1. The molecule has 1 amide bonds. The molecule has 0 radical (unpaired) electrons. The predicted molar refractivity (Wildman–Crippen MR) is 107 cm³/mol. The molecule has 0 bridgehead atoms. The highest BCUT2D eigenvalue weighted by Crippen LogP contribution is 2.22. The zero-order chi connectivity index (χ0) is 19.9. The van der Waals surface area contributed by atoms with Crippen LogP contribution >= 0.6 is 0 Å². The van der Waals surface area contributed by atoms with Crippen LogP contribution in [0.1, 0.15) is 26.3 Å². The number of benzene rings is 1. The van der Waals surface area contributed by atoms with Gasteiger partial charge in [-0.1, -0.05) is 26.0 Å². The molecule has 0 spiro atoms. The third-order valence-electron chi connectivity index (χ3n) is 5.07. The average molecular weight is 378 g/mol. The second-order valence-electron chi connectivity index (χ2n) is 7.59. The van der Waals surface area contributed by atoms with Crippen molar-refractivity contribution in [3.63, 3.8) is 0 Å². The number of hydrogen-bond donors (Lipinski definition) is 2. The van der Waals surface area contributed by atoms with Gasteiger partial charge in [0.25, 0.3) is 0 Å². The van der Waals surface area contributed by atoms with E-state index in [1.165, 1.54) is 6.07 Å². The molecule has 1 saturated heterocycles. The first kappa shape index (κ1) is 21.2. The van der Waals surface area contributed by atoms with Crippen molar-refractivity contribution in [3.05, 3.63) is 35.6 Å². The number of halogens is 1. The number of carbonyl (C=O) groups excluding carboxylic acids is 1. The van der Waals surface area contributed by atoms with Gasteiger partial charge in [0.1, 0.15) is 5.82 Å². The SMILES string of the molecule is CN=C(NCCN1CCN(C(C)=O)CC1)NCC(C)(C)c1cccc(F)c1. The van der Waals surface area contributed by atoms with E-state index < -0.39 is 0 Å². The summed E-state index contributed by atoms with van der Waals surface area (Å²) in [5.41, 5.74) is 0.733. The lowest BCUT2D eigenvalue weighted by Gasteiger charge is -2.34. The number of piperazine rings is 1. The number of nitrogens with zero attached hydrogens (tertiary/aromatic N) is 3. The quantitative estimate of drug-likeness (QED) is 0.582. The summed E-state index contributed by atoms with van der Waals surface area (Å²) >= 11 is 0. The molecular formula is C20H32FN5O. The summed E-state index contributed by atoms with van der Waals surface area (Å²) in [4.78, 5) is 19.9. The zero-order valence-electron chi connectivity index (χ0n) is 16.9. The molecule has 0 saturated carbocycles. The molecule has 0 aliphatic carbocycles. The van der Waals surface area contributed by atoms with E-state index in [0.717, 1.165) is 50.8 Å². The molecule has 0 unspecified atom stereocenters.